The Bertz CT molecular complexity index is 2710. The molecule has 12 unspecified atom stereocenters. The summed E-state index contributed by atoms with van der Waals surface area (Å²) in [7, 11) is -10.9. The molecule has 19 nitrogen and oxygen atoms in total. The lowest BCUT2D eigenvalue weighted by atomic mass is 9.94. The number of rotatable bonds is 43. The van der Waals surface area contributed by atoms with Gasteiger partial charge < -0.3 is 60.2 Å². The maximum absolute atomic E-state index is 13.1. The molecule has 2 heterocycles. The molecule has 0 spiro atoms. The van der Waals surface area contributed by atoms with E-state index in [0.717, 1.165) is 135 Å². The van der Waals surface area contributed by atoms with E-state index in [9.17, 15) is 54.0 Å². The molecule has 2 rings (SSSR count). The van der Waals surface area contributed by atoms with Crippen molar-refractivity contribution in [1.82, 2.24) is 10.6 Å². The molecule has 0 saturated carbocycles. The van der Waals surface area contributed by atoms with Crippen LogP contribution in [0.5, 0.6) is 0 Å². The van der Waals surface area contributed by atoms with Crippen LogP contribution in [-0.4, -0.2) is 128 Å². The first-order valence-electron chi connectivity index (χ1n) is 33.0. The molecule has 0 aromatic rings. The van der Waals surface area contributed by atoms with Crippen LogP contribution in [0.15, 0.2) is 128 Å². The van der Waals surface area contributed by atoms with Crippen LogP contribution in [0.4, 0.5) is 0 Å². The van der Waals surface area contributed by atoms with E-state index in [1.54, 1.807) is 6.92 Å². The van der Waals surface area contributed by atoms with Crippen molar-refractivity contribution < 1.29 is 81.6 Å². The SMILES string of the molecule is CC(=O)NC1C(OC2C(CO)OC(OP(=O)(O)OP(=O)(O)OC/C=C(\C)CC/C=C(\C)CC/C=C(\C)CC/C=C(\C)CC/C=C(\C)CC/C=C(\C)CC/C=C(\C)CC/C=C(\C)CC/C=C(\C)CC/C=C(\C)CCC=C(C)C)C(NC(C)=O)C2O)OC(CO)C(O)C1O. The Kier molecular flexibility index (Phi) is 41.6. The minimum Gasteiger partial charge on any atom is -0.394 e. The molecule has 92 heavy (non-hydrogen) atoms. The van der Waals surface area contributed by atoms with Crippen LogP contribution in [0.2, 0.25) is 0 Å². The second-order valence-corrected chi connectivity index (χ2v) is 28.6. The van der Waals surface area contributed by atoms with E-state index in [4.69, 9.17) is 23.3 Å². The van der Waals surface area contributed by atoms with E-state index in [1.165, 1.54) is 61.8 Å². The van der Waals surface area contributed by atoms with E-state index >= 15 is 0 Å². The van der Waals surface area contributed by atoms with Crippen molar-refractivity contribution in [2.24, 2.45) is 0 Å². The summed E-state index contributed by atoms with van der Waals surface area (Å²) in [6, 6.07) is -3.26. The van der Waals surface area contributed by atoms with Gasteiger partial charge in [-0.3, -0.25) is 18.6 Å². The number of ether oxygens (including phenoxy) is 3. The van der Waals surface area contributed by atoms with Crippen LogP contribution in [0.25, 0.3) is 0 Å². The fourth-order valence-electron chi connectivity index (χ4n) is 10.6. The predicted octanol–water partition coefficient (Wildman–Crippen LogP) is 14.4. The van der Waals surface area contributed by atoms with Crippen LogP contribution in [-0.2, 0) is 46.3 Å². The Hall–Kier alpha value is -3.98. The van der Waals surface area contributed by atoms with Crippen LogP contribution >= 0.6 is 15.6 Å². The molecule has 0 bridgehead atoms. The van der Waals surface area contributed by atoms with E-state index < -0.39 is 109 Å². The number of aliphatic hydroxyl groups is 5. The fourth-order valence-corrected chi connectivity index (χ4v) is 12.7. The first-order chi connectivity index (χ1) is 43.3. The van der Waals surface area contributed by atoms with Crippen LogP contribution in [0.3, 0.4) is 0 Å². The first kappa shape index (κ1) is 84.1. The normalized spacial score (nSPS) is 25.1. The number of allylic oxidation sites excluding steroid dienone is 21. The van der Waals surface area contributed by atoms with Gasteiger partial charge in [-0.25, -0.2) is 9.13 Å². The smallest absolute Gasteiger partial charge is 0.394 e. The Balaban J connectivity index is 1.71. The summed E-state index contributed by atoms with van der Waals surface area (Å²) >= 11 is 0. The molecular weight excluding hydrogens is 1210 g/mol. The number of phosphoric ester groups is 2. The second kappa shape index (κ2) is 45.5. The Labute approximate surface area is 551 Å². The van der Waals surface area contributed by atoms with E-state index in [-0.39, 0.29) is 0 Å². The minimum absolute atomic E-state index is 0.478. The minimum atomic E-state index is -5.63. The van der Waals surface area contributed by atoms with Crippen molar-refractivity contribution in [3.05, 3.63) is 128 Å². The summed E-state index contributed by atoms with van der Waals surface area (Å²) in [6.07, 6.45) is 32.0. The van der Waals surface area contributed by atoms with Gasteiger partial charge in [0.2, 0.25) is 11.8 Å². The molecule has 2 saturated heterocycles. The average molecular weight is 1330 g/mol. The first-order valence-corrected chi connectivity index (χ1v) is 36.0. The second-order valence-electron chi connectivity index (χ2n) is 25.6. The topological polar surface area (TPSA) is 289 Å². The summed E-state index contributed by atoms with van der Waals surface area (Å²) in [5.74, 6) is -1.50. The number of carbonyl (C=O) groups excluding carboxylic acids is 2. The molecule has 0 radical (unpaired) electrons. The van der Waals surface area contributed by atoms with Gasteiger partial charge >= 0.3 is 15.6 Å². The molecule has 2 aliphatic rings. The summed E-state index contributed by atoms with van der Waals surface area (Å²) in [4.78, 5) is 45.1. The van der Waals surface area contributed by atoms with Gasteiger partial charge in [0.05, 0.1) is 19.8 Å². The molecule has 21 heteroatoms. The number of aliphatic hydroxyl groups excluding tert-OH is 5. The maximum Gasteiger partial charge on any atom is 0.483 e. The zero-order valence-corrected chi connectivity index (χ0v) is 59.8. The maximum atomic E-state index is 13.1. The van der Waals surface area contributed by atoms with Crippen molar-refractivity contribution in [3.63, 3.8) is 0 Å². The van der Waals surface area contributed by atoms with Gasteiger partial charge in [0.25, 0.3) is 0 Å². The van der Waals surface area contributed by atoms with Gasteiger partial charge in [0.15, 0.2) is 12.6 Å². The Morgan fingerprint density at radius 1 is 0.402 bits per heavy atom. The number of hydrogen-bond acceptors (Lipinski definition) is 15. The quantitative estimate of drug-likeness (QED) is 0.0203. The lowest BCUT2D eigenvalue weighted by Crippen LogP contribution is -2.69. The number of amides is 2. The lowest BCUT2D eigenvalue weighted by Gasteiger charge is -2.48. The third-order valence-corrected chi connectivity index (χ3v) is 18.9. The van der Waals surface area contributed by atoms with Crippen LogP contribution in [0.1, 0.15) is 225 Å². The van der Waals surface area contributed by atoms with Crippen molar-refractivity contribution in [3.8, 4) is 0 Å². The Morgan fingerprint density at radius 2 is 0.696 bits per heavy atom. The number of hydrogen-bond donors (Lipinski definition) is 9. The predicted molar refractivity (Wildman–Crippen MR) is 367 cm³/mol. The molecule has 0 aromatic heterocycles. The Morgan fingerprint density at radius 3 is 1.00 bits per heavy atom. The summed E-state index contributed by atoms with van der Waals surface area (Å²) in [5, 5.41) is 57.0. The fraction of sp³-hybridized carbons (Fsp3) is 0.662. The standard InChI is InChI=1S/C71H118N2O17P2/c1-49(2)25-15-26-50(3)27-16-28-51(4)29-17-30-52(5)31-18-32-53(6)33-19-34-54(7)35-20-36-55(8)37-21-38-56(9)39-22-40-57(10)41-23-42-58(11)43-24-44-59(12)45-46-85-91(81,82)90-92(83,84)89-71-65(73-61(14)77)68(80)69(63(48-75)87-71)88-70-64(72-60(13)76)67(79)66(78)62(47-74)86-70/h25,27,29,31,33,35,37,39,41,43,45,62-71,74-75,78-80H,15-24,26,28,30,32,34,36,38,40,42,44,46-48H2,1-14H3,(H,72,76)(H,73,77)(H,81,82)(H,83,84)/b50-27+,51-29+,52-31+,53-33+,54-35+,55-37+,56-39+,57-41+,58-43+,59-45+. The third kappa shape index (κ3) is 36.8. The van der Waals surface area contributed by atoms with Gasteiger partial charge in [0, 0.05) is 13.8 Å². The van der Waals surface area contributed by atoms with Gasteiger partial charge in [-0.15, -0.1) is 0 Å². The average Bonchev–Trinajstić information content (AvgIpc) is 0.781. The molecule has 0 aromatic carbocycles. The zero-order chi connectivity index (χ0) is 69.0. The van der Waals surface area contributed by atoms with Crippen LogP contribution in [0, 0.1) is 0 Å². The highest BCUT2D eigenvalue weighted by Gasteiger charge is 2.53. The van der Waals surface area contributed by atoms with E-state index in [0.29, 0.717) is 12.8 Å². The number of nitrogens with one attached hydrogen (secondary N) is 2. The van der Waals surface area contributed by atoms with E-state index in [1.807, 2.05) is 0 Å². The van der Waals surface area contributed by atoms with Crippen LogP contribution < -0.4 is 10.6 Å². The third-order valence-electron chi connectivity index (χ3n) is 16.3. The lowest BCUT2D eigenvalue weighted by molar-refractivity contribution is -0.325. The molecule has 2 aliphatic heterocycles. The van der Waals surface area contributed by atoms with Crippen molar-refractivity contribution >= 4 is 27.5 Å². The largest absolute Gasteiger partial charge is 0.483 e. The number of phosphoric acid groups is 2. The zero-order valence-electron chi connectivity index (χ0n) is 58.0. The molecule has 12 atom stereocenters. The van der Waals surface area contributed by atoms with E-state index in [2.05, 4.69) is 152 Å². The number of carbonyl (C=O) groups is 2. The molecular formula is C71H118N2O17P2. The van der Waals surface area contributed by atoms with Crippen molar-refractivity contribution in [2.75, 3.05) is 19.8 Å². The molecule has 524 valence electrons. The van der Waals surface area contributed by atoms with Gasteiger partial charge in [-0.1, -0.05) is 128 Å². The molecule has 9 N–H and O–H groups in total. The summed E-state index contributed by atoms with van der Waals surface area (Å²) in [6.45, 7) is 26.1. The highest BCUT2D eigenvalue weighted by atomic mass is 31.3. The van der Waals surface area contributed by atoms with Gasteiger partial charge in [-0.05, 0) is 212 Å². The molecule has 2 amide bonds. The van der Waals surface area contributed by atoms with Crippen molar-refractivity contribution in [2.45, 2.75) is 287 Å². The highest BCUT2D eigenvalue weighted by molar-refractivity contribution is 7.61. The summed E-state index contributed by atoms with van der Waals surface area (Å²) < 4.78 is 57.4. The van der Waals surface area contributed by atoms with Gasteiger partial charge in [0.1, 0.15) is 48.7 Å². The molecule has 2 fully saturated rings. The monoisotopic (exact) mass is 1330 g/mol. The highest BCUT2D eigenvalue weighted by Crippen LogP contribution is 2.61. The van der Waals surface area contributed by atoms with Gasteiger partial charge in [-0.2, -0.15) is 4.31 Å². The van der Waals surface area contributed by atoms with Crippen molar-refractivity contribution in [1.29, 1.82) is 0 Å². The molecule has 0 aliphatic carbocycles. The summed E-state index contributed by atoms with van der Waals surface area (Å²) in [5.41, 5.74) is 15.1.